The Bertz CT molecular complexity index is 557. The topological polar surface area (TPSA) is 61.8 Å². The Morgan fingerprint density at radius 3 is 1.82 bits per heavy atom. The van der Waals surface area contributed by atoms with Crippen LogP contribution in [-0.2, 0) is 4.79 Å². The van der Waals surface area contributed by atoms with Crippen molar-refractivity contribution in [1.29, 1.82) is 0 Å². The lowest BCUT2D eigenvalue weighted by Crippen LogP contribution is -2.46. The molecule has 10 heteroatoms. The van der Waals surface area contributed by atoms with Gasteiger partial charge < -0.3 is 14.2 Å². The number of alkyl halides is 5. The lowest BCUT2D eigenvalue weighted by molar-refractivity contribution is -0.276. The first-order valence-corrected chi connectivity index (χ1v) is 5.46. The first-order valence-electron chi connectivity index (χ1n) is 5.46. The molecule has 0 radical (unpaired) electrons. The molecule has 0 fully saturated rings. The van der Waals surface area contributed by atoms with Crippen molar-refractivity contribution in [3.05, 3.63) is 17.7 Å². The number of aldehydes is 1. The highest BCUT2D eigenvalue weighted by atomic mass is 19.4. The predicted molar refractivity (Wildman–Crippen MR) is 61.6 cm³/mol. The van der Waals surface area contributed by atoms with Crippen molar-refractivity contribution < 1.29 is 45.8 Å². The molecule has 0 aliphatic heterocycles. The molecule has 1 aromatic rings. The van der Waals surface area contributed by atoms with Gasteiger partial charge in [-0.25, -0.2) is 4.79 Å². The third-order valence-corrected chi connectivity index (χ3v) is 2.43. The van der Waals surface area contributed by atoms with Gasteiger partial charge in [-0.2, -0.15) is 22.0 Å². The van der Waals surface area contributed by atoms with Crippen LogP contribution in [0.15, 0.2) is 12.1 Å². The van der Waals surface area contributed by atoms with Gasteiger partial charge in [0.15, 0.2) is 11.5 Å². The Hall–Kier alpha value is -2.39. The summed E-state index contributed by atoms with van der Waals surface area (Å²) in [6.07, 6.45) is -5.77. The van der Waals surface area contributed by atoms with Crippen molar-refractivity contribution >= 4 is 12.3 Å². The monoisotopic (exact) mass is 328 g/mol. The van der Waals surface area contributed by atoms with E-state index in [2.05, 4.69) is 14.2 Å². The molecular formula is C12H9F5O5. The molecule has 0 aromatic heterocycles. The molecule has 0 unspecified atom stereocenters. The van der Waals surface area contributed by atoms with E-state index in [0.29, 0.717) is 6.29 Å². The number of hydrogen-bond donors (Lipinski definition) is 0. The quantitative estimate of drug-likeness (QED) is 0.360. The van der Waals surface area contributed by atoms with Crippen LogP contribution in [0.3, 0.4) is 0 Å². The molecule has 1 aromatic carbocycles. The van der Waals surface area contributed by atoms with Gasteiger partial charge in [0.05, 0.1) is 14.2 Å². The Labute approximate surface area is 120 Å². The van der Waals surface area contributed by atoms with Gasteiger partial charge in [0, 0.05) is 5.56 Å². The summed E-state index contributed by atoms with van der Waals surface area (Å²) in [5.41, 5.74) is -0.0314. The van der Waals surface area contributed by atoms with Gasteiger partial charge in [0.2, 0.25) is 5.75 Å². The van der Waals surface area contributed by atoms with Crippen LogP contribution in [0, 0.1) is 0 Å². The van der Waals surface area contributed by atoms with Crippen molar-refractivity contribution in [2.45, 2.75) is 12.1 Å². The first kappa shape index (κ1) is 17.7. The smallest absolute Gasteiger partial charge is 0.465 e. The van der Waals surface area contributed by atoms with E-state index in [1.165, 1.54) is 0 Å². The van der Waals surface area contributed by atoms with Gasteiger partial charge in [-0.3, -0.25) is 4.79 Å². The van der Waals surface area contributed by atoms with E-state index in [1.807, 2.05) is 0 Å². The number of hydrogen-bond acceptors (Lipinski definition) is 5. The van der Waals surface area contributed by atoms with Crippen LogP contribution in [0.5, 0.6) is 17.2 Å². The van der Waals surface area contributed by atoms with Gasteiger partial charge in [-0.05, 0) is 12.1 Å². The SMILES string of the molecule is COc1cc(C=O)cc(OC)c1OC(=O)C(F)(F)C(F)(F)F. The second kappa shape index (κ2) is 6.16. The molecule has 0 amide bonds. The van der Waals surface area contributed by atoms with E-state index in [-0.39, 0.29) is 5.56 Å². The number of benzene rings is 1. The van der Waals surface area contributed by atoms with E-state index >= 15 is 0 Å². The summed E-state index contributed by atoms with van der Waals surface area (Å²) in [5, 5.41) is 0. The van der Waals surface area contributed by atoms with Gasteiger partial charge >= 0.3 is 18.1 Å². The maximum atomic E-state index is 12.9. The molecule has 5 nitrogen and oxygen atoms in total. The molecule has 0 bridgehead atoms. The molecule has 0 heterocycles. The van der Waals surface area contributed by atoms with Crippen LogP contribution in [-0.4, -0.2) is 38.6 Å². The zero-order valence-electron chi connectivity index (χ0n) is 11.2. The van der Waals surface area contributed by atoms with E-state index < -0.39 is 35.3 Å². The second-order valence-electron chi connectivity index (χ2n) is 3.83. The van der Waals surface area contributed by atoms with Crippen LogP contribution < -0.4 is 14.2 Å². The zero-order chi connectivity index (χ0) is 17.1. The van der Waals surface area contributed by atoms with Crippen LogP contribution in [0.2, 0.25) is 0 Å². The minimum absolute atomic E-state index is 0.0314. The summed E-state index contributed by atoms with van der Waals surface area (Å²) < 4.78 is 75.6. The summed E-state index contributed by atoms with van der Waals surface area (Å²) >= 11 is 0. The fraction of sp³-hybridized carbons (Fsp3) is 0.333. The summed E-state index contributed by atoms with van der Waals surface area (Å²) in [7, 11) is 2.06. The summed E-state index contributed by atoms with van der Waals surface area (Å²) in [5.74, 6) is -10.2. The molecule has 0 aliphatic rings. The van der Waals surface area contributed by atoms with Crippen molar-refractivity contribution in [1.82, 2.24) is 0 Å². The minimum atomic E-state index is -6.12. The maximum Gasteiger partial charge on any atom is 0.465 e. The highest BCUT2D eigenvalue weighted by Crippen LogP contribution is 2.42. The predicted octanol–water partition coefficient (Wildman–Crippen LogP) is 2.62. The highest BCUT2D eigenvalue weighted by molar-refractivity contribution is 5.84. The molecule has 0 N–H and O–H groups in total. The molecule has 122 valence electrons. The zero-order valence-corrected chi connectivity index (χ0v) is 11.2. The van der Waals surface area contributed by atoms with Crippen molar-refractivity contribution in [3.63, 3.8) is 0 Å². The number of rotatable bonds is 5. The van der Waals surface area contributed by atoms with Gasteiger partial charge in [-0.15, -0.1) is 0 Å². The summed E-state index contributed by atoms with van der Waals surface area (Å²) in [4.78, 5) is 21.8. The van der Waals surface area contributed by atoms with Crippen LogP contribution in [0.25, 0.3) is 0 Å². The lowest BCUT2D eigenvalue weighted by Gasteiger charge is -2.19. The van der Waals surface area contributed by atoms with Crippen molar-refractivity contribution in [2.75, 3.05) is 14.2 Å². The minimum Gasteiger partial charge on any atom is -0.493 e. The molecule has 0 spiro atoms. The highest BCUT2D eigenvalue weighted by Gasteiger charge is 2.65. The molecule has 1 rings (SSSR count). The van der Waals surface area contributed by atoms with E-state index in [4.69, 9.17) is 0 Å². The maximum absolute atomic E-state index is 12.9. The van der Waals surface area contributed by atoms with Crippen molar-refractivity contribution in [2.24, 2.45) is 0 Å². The van der Waals surface area contributed by atoms with Crippen LogP contribution in [0.4, 0.5) is 22.0 Å². The second-order valence-corrected chi connectivity index (χ2v) is 3.83. The Morgan fingerprint density at radius 2 is 1.50 bits per heavy atom. The van der Waals surface area contributed by atoms with Crippen LogP contribution in [0.1, 0.15) is 10.4 Å². The Kier molecular flexibility index (Phi) is 4.94. The number of halogens is 5. The first-order chi connectivity index (χ1) is 10.1. The van der Waals surface area contributed by atoms with Gasteiger partial charge in [-0.1, -0.05) is 0 Å². The lowest BCUT2D eigenvalue weighted by atomic mass is 10.2. The van der Waals surface area contributed by atoms with Gasteiger partial charge in [0.1, 0.15) is 6.29 Å². The molecule has 22 heavy (non-hydrogen) atoms. The standard InChI is InChI=1S/C12H9F5O5/c1-20-7-3-6(5-18)4-8(21-2)9(7)22-10(19)11(13,14)12(15,16)17/h3-5H,1-2H3. The molecule has 0 saturated heterocycles. The third kappa shape index (κ3) is 3.26. The number of carbonyl (C=O) groups excluding carboxylic acids is 2. The molecular weight excluding hydrogens is 319 g/mol. The fourth-order valence-electron chi connectivity index (χ4n) is 1.34. The average molecular weight is 328 g/mol. The number of esters is 1. The number of methoxy groups -OCH3 is 2. The summed E-state index contributed by atoms with van der Waals surface area (Å²) in [6.45, 7) is 0. The fourth-order valence-corrected chi connectivity index (χ4v) is 1.34. The van der Waals surface area contributed by atoms with Gasteiger partial charge in [0.25, 0.3) is 0 Å². The van der Waals surface area contributed by atoms with Crippen LogP contribution >= 0.6 is 0 Å². The largest absolute Gasteiger partial charge is 0.493 e. The average Bonchev–Trinajstić information content (AvgIpc) is 2.45. The normalized spacial score (nSPS) is 11.8. The van der Waals surface area contributed by atoms with Crippen molar-refractivity contribution in [3.8, 4) is 17.2 Å². The number of carbonyl (C=O) groups is 2. The number of ether oxygens (including phenoxy) is 3. The molecule has 0 aliphatic carbocycles. The Morgan fingerprint density at radius 1 is 1.05 bits per heavy atom. The van der Waals surface area contributed by atoms with E-state index in [0.717, 1.165) is 26.4 Å². The van der Waals surface area contributed by atoms with E-state index in [9.17, 15) is 31.5 Å². The van der Waals surface area contributed by atoms with E-state index in [1.54, 1.807) is 0 Å². The molecule has 0 atom stereocenters. The summed E-state index contributed by atoms with van der Waals surface area (Å²) in [6, 6.07) is 1.95. The molecule has 0 saturated carbocycles. The third-order valence-electron chi connectivity index (χ3n) is 2.43. The Balaban J connectivity index is 3.28.